The molecule has 21 heavy (non-hydrogen) atoms. The van der Waals surface area contributed by atoms with Gasteiger partial charge in [-0.05, 0) is 12.5 Å². The summed E-state index contributed by atoms with van der Waals surface area (Å²) in [5.41, 5.74) is -2.36. The molecular formula is C12H13F3N2O4. The minimum Gasteiger partial charge on any atom is -0.480 e. The zero-order valence-corrected chi connectivity index (χ0v) is 11.2. The average Bonchev–Trinajstić information content (AvgIpc) is 2.37. The molecule has 0 aromatic heterocycles. The molecule has 116 valence electrons. The van der Waals surface area contributed by atoms with E-state index in [1.54, 1.807) is 0 Å². The highest BCUT2D eigenvalue weighted by Crippen LogP contribution is 2.39. The quantitative estimate of drug-likeness (QED) is 0.668. The number of likely N-dealkylation sites (N-methyl/N-ethyl adjacent to an activating group) is 1. The van der Waals surface area contributed by atoms with Crippen molar-refractivity contribution in [2.24, 2.45) is 0 Å². The first-order chi connectivity index (χ1) is 9.59. The fourth-order valence-corrected chi connectivity index (χ4v) is 1.95. The van der Waals surface area contributed by atoms with Crippen molar-refractivity contribution in [2.75, 3.05) is 11.9 Å². The second-order valence-electron chi connectivity index (χ2n) is 4.33. The number of hydrogen-bond acceptors (Lipinski definition) is 4. The van der Waals surface area contributed by atoms with E-state index < -0.39 is 40.0 Å². The number of nitro benzene ring substituents is 1. The van der Waals surface area contributed by atoms with Crippen LogP contribution in [0.2, 0.25) is 0 Å². The van der Waals surface area contributed by atoms with Gasteiger partial charge in [0.25, 0.3) is 5.69 Å². The Morgan fingerprint density at radius 1 is 1.48 bits per heavy atom. The van der Waals surface area contributed by atoms with E-state index in [2.05, 4.69) is 0 Å². The van der Waals surface area contributed by atoms with Crippen molar-refractivity contribution < 1.29 is 28.0 Å². The number of benzene rings is 1. The maximum atomic E-state index is 13.0. The first-order valence-corrected chi connectivity index (χ1v) is 5.90. The summed E-state index contributed by atoms with van der Waals surface area (Å²) in [6, 6.07) is 1.07. The van der Waals surface area contributed by atoms with Gasteiger partial charge in [0, 0.05) is 24.9 Å². The van der Waals surface area contributed by atoms with Gasteiger partial charge in [-0.25, -0.2) is 4.79 Å². The van der Waals surface area contributed by atoms with E-state index in [-0.39, 0.29) is 6.42 Å². The summed E-state index contributed by atoms with van der Waals surface area (Å²) in [5.74, 6) is -1.27. The molecule has 1 rings (SSSR count). The number of halogens is 3. The SMILES string of the molecule is CCC(C(=O)O)N(C)c1ccc([N+](=O)[O-])cc1C(F)(F)F. The lowest BCUT2D eigenvalue weighted by Gasteiger charge is -2.28. The molecule has 0 aliphatic heterocycles. The van der Waals surface area contributed by atoms with Gasteiger partial charge >= 0.3 is 12.1 Å². The van der Waals surface area contributed by atoms with Crippen molar-refractivity contribution in [3.05, 3.63) is 33.9 Å². The van der Waals surface area contributed by atoms with E-state index in [9.17, 15) is 28.1 Å². The number of nitrogens with zero attached hydrogens (tertiary/aromatic N) is 2. The van der Waals surface area contributed by atoms with E-state index >= 15 is 0 Å². The van der Waals surface area contributed by atoms with Crippen LogP contribution in [0.1, 0.15) is 18.9 Å². The molecule has 1 atom stereocenters. The van der Waals surface area contributed by atoms with Crippen LogP contribution in [0.15, 0.2) is 18.2 Å². The normalized spacial score (nSPS) is 12.8. The summed E-state index contributed by atoms with van der Waals surface area (Å²) in [6.07, 6.45) is -4.74. The number of carboxylic acid groups (broad SMARTS) is 1. The molecule has 6 nitrogen and oxygen atoms in total. The number of aliphatic carboxylic acids is 1. The fraction of sp³-hybridized carbons (Fsp3) is 0.417. The Labute approximate surface area is 117 Å². The molecule has 1 aromatic carbocycles. The number of non-ortho nitro benzene ring substituents is 1. The first-order valence-electron chi connectivity index (χ1n) is 5.90. The van der Waals surface area contributed by atoms with Crippen LogP contribution in [0.25, 0.3) is 0 Å². The van der Waals surface area contributed by atoms with Crippen molar-refractivity contribution in [2.45, 2.75) is 25.6 Å². The number of carboxylic acids is 1. The Balaban J connectivity index is 3.41. The summed E-state index contributed by atoms with van der Waals surface area (Å²) in [6.45, 7) is 1.52. The van der Waals surface area contributed by atoms with Crippen molar-refractivity contribution in [1.82, 2.24) is 0 Å². The predicted octanol–water partition coefficient (Wildman–Crippen LogP) is 2.91. The molecule has 1 aromatic rings. The zero-order chi connectivity index (χ0) is 16.4. The first kappa shape index (κ1) is 16.7. The molecule has 0 heterocycles. The lowest BCUT2D eigenvalue weighted by atomic mass is 10.1. The van der Waals surface area contributed by atoms with Crippen LogP contribution in [-0.4, -0.2) is 29.1 Å². The molecule has 1 N–H and O–H groups in total. The van der Waals surface area contributed by atoms with Crippen LogP contribution in [-0.2, 0) is 11.0 Å². The molecule has 0 aliphatic carbocycles. The highest BCUT2D eigenvalue weighted by Gasteiger charge is 2.37. The van der Waals surface area contributed by atoms with Crippen LogP contribution < -0.4 is 4.90 Å². The molecular weight excluding hydrogens is 293 g/mol. The summed E-state index contributed by atoms with van der Waals surface area (Å²) in [4.78, 5) is 21.7. The maximum absolute atomic E-state index is 13.0. The molecule has 0 radical (unpaired) electrons. The second kappa shape index (κ2) is 5.98. The highest BCUT2D eigenvalue weighted by atomic mass is 19.4. The van der Waals surface area contributed by atoms with Crippen LogP contribution in [0.4, 0.5) is 24.5 Å². The van der Waals surface area contributed by atoms with Gasteiger partial charge in [0.15, 0.2) is 0 Å². The van der Waals surface area contributed by atoms with E-state index in [0.717, 1.165) is 17.0 Å². The third-order valence-corrected chi connectivity index (χ3v) is 3.02. The fourth-order valence-electron chi connectivity index (χ4n) is 1.95. The Morgan fingerprint density at radius 3 is 2.43 bits per heavy atom. The number of nitro groups is 1. The molecule has 1 unspecified atom stereocenters. The minimum absolute atomic E-state index is 0.0835. The molecule has 9 heteroatoms. The smallest absolute Gasteiger partial charge is 0.418 e. The van der Waals surface area contributed by atoms with Gasteiger partial charge < -0.3 is 10.0 Å². The third-order valence-electron chi connectivity index (χ3n) is 3.02. The second-order valence-corrected chi connectivity index (χ2v) is 4.33. The van der Waals surface area contributed by atoms with Crippen molar-refractivity contribution in [1.29, 1.82) is 0 Å². The van der Waals surface area contributed by atoms with Gasteiger partial charge in [-0.1, -0.05) is 6.92 Å². The van der Waals surface area contributed by atoms with Gasteiger partial charge in [0.05, 0.1) is 10.5 Å². The van der Waals surface area contributed by atoms with Crippen molar-refractivity contribution >= 4 is 17.3 Å². The summed E-state index contributed by atoms with van der Waals surface area (Å²) < 4.78 is 39.1. The van der Waals surface area contributed by atoms with Crippen molar-refractivity contribution in [3.63, 3.8) is 0 Å². The lowest BCUT2D eigenvalue weighted by molar-refractivity contribution is -0.385. The number of rotatable bonds is 5. The highest BCUT2D eigenvalue weighted by molar-refractivity contribution is 5.78. The molecule has 0 aliphatic rings. The average molecular weight is 306 g/mol. The zero-order valence-electron chi connectivity index (χ0n) is 11.2. The van der Waals surface area contributed by atoms with Gasteiger partial charge in [0.1, 0.15) is 6.04 Å². The molecule has 0 spiro atoms. The van der Waals surface area contributed by atoms with E-state index in [1.807, 2.05) is 0 Å². The molecule has 0 fully saturated rings. The Morgan fingerprint density at radius 2 is 2.05 bits per heavy atom. The monoisotopic (exact) mass is 306 g/mol. The molecule has 0 amide bonds. The molecule has 0 saturated heterocycles. The lowest BCUT2D eigenvalue weighted by Crippen LogP contribution is -2.39. The Kier molecular flexibility index (Phi) is 4.77. The number of alkyl halides is 3. The number of hydrogen-bond donors (Lipinski definition) is 1. The largest absolute Gasteiger partial charge is 0.480 e. The van der Waals surface area contributed by atoms with E-state index in [1.165, 1.54) is 14.0 Å². The number of carbonyl (C=O) groups is 1. The van der Waals surface area contributed by atoms with Gasteiger partial charge in [-0.3, -0.25) is 10.1 Å². The van der Waals surface area contributed by atoms with E-state index in [4.69, 9.17) is 5.11 Å². The predicted molar refractivity (Wildman–Crippen MR) is 68.2 cm³/mol. The van der Waals surface area contributed by atoms with Gasteiger partial charge in [0.2, 0.25) is 0 Å². The maximum Gasteiger partial charge on any atom is 0.418 e. The third kappa shape index (κ3) is 3.61. The van der Waals surface area contributed by atoms with Crippen LogP contribution in [0, 0.1) is 10.1 Å². The summed E-state index contributed by atoms with van der Waals surface area (Å²) in [7, 11) is 1.21. The summed E-state index contributed by atoms with van der Waals surface area (Å²) >= 11 is 0. The van der Waals surface area contributed by atoms with Gasteiger partial charge in [-0.2, -0.15) is 13.2 Å². The number of anilines is 1. The molecule has 0 saturated carbocycles. The molecule has 0 bridgehead atoms. The van der Waals surface area contributed by atoms with Crippen LogP contribution in [0.3, 0.4) is 0 Å². The van der Waals surface area contributed by atoms with Gasteiger partial charge in [-0.15, -0.1) is 0 Å². The summed E-state index contributed by atoms with van der Waals surface area (Å²) in [5, 5.41) is 19.6. The minimum atomic E-state index is -4.83. The van der Waals surface area contributed by atoms with Crippen molar-refractivity contribution in [3.8, 4) is 0 Å². The Bertz CT molecular complexity index is 560. The van der Waals surface area contributed by atoms with Crippen LogP contribution >= 0.6 is 0 Å². The van der Waals surface area contributed by atoms with E-state index in [0.29, 0.717) is 6.07 Å². The topological polar surface area (TPSA) is 83.7 Å². The Hall–Kier alpha value is -2.32. The standard InChI is InChI=1S/C12H13F3N2O4/c1-3-9(11(18)19)16(2)10-5-4-7(17(20)21)6-8(10)12(13,14)15/h4-6,9H,3H2,1-2H3,(H,18,19). The van der Waals surface area contributed by atoms with Crippen LogP contribution in [0.5, 0.6) is 0 Å².